The minimum absolute atomic E-state index is 0.121. The summed E-state index contributed by atoms with van der Waals surface area (Å²) in [5, 5.41) is 9.58. The van der Waals surface area contributed by atoms with E-state index >= 15 is 0 Å². The molecule has 98 valence electrons. The van der Waals surface area contributed by atoms with Crippen molar-refractivity contribution >= 4 is 11.6 Å². The number of aromatic hydroxyl groups is 1. The number of rotatable bonds is 3. The maximum atomic E-state index is 12.4. The van der Waals surface area contributed by atoms with Crippen LogP contribution in [0.15, 0.2) is 42.7 Å². The van der Waals surface area contributed by atoms with E-state index in [0.29, 0.717) is 12.1 Å². The summed E-state index contributed by atoms with van der Waals surface area (Å²) in [5.41, 5.74) is 2.19. The molecule has 0 unspecified atom stereocenters. The summed E-state index contributed by atoms with van der Waals surface area (Å²) < 4.78 is 0. The highest BCUT2D eigenvalue weighted by Crippen LogP contribution is 2.26. The Morgan fingerprint density at radius 2 is 2.16 bits per heavy atom. The van der Waals surface area contributed by atoms with Gasteiger partial charge in [0.05, 0.1) is 11.3 Å². The number of nitrogens with zero attached hydrogens (tertiary/aromatic N) is 2. The Bertz CT molecular complexity index is 582. The fourth-order valence-electron chi connectivity index (χ4n) is 1.96. The van der Waals surface area contributed by atoms with Crippen LogP contribution in [0.2, 0.25) is 0 Å². The largest absolute Gasteiger partial charge is 0.508 e. The van der Waals surface area contributed by atoms with Crippen LogP contribution < -0.4 is 4.90 Å². The molecule has 19 heavy (non-hydrogen) atoms. The molecule has 0 aliphatic heterocycles. The number of anilines is 1. The highest BCUT2D eigenvalue weighted by Gasteiger charge is 2.18. The van der Waals surface area contributed by atoms with E-state index in [9.17, 15) is 9.90 Å². The van der Waals surface area contributed by atoms with E-state index in [1.54, 1.807) is 47.6 Å². The maximum Gasteiger partial charge on any atom is 0.259 e. The predicted octanol–water partition coefficient (Wildman–Crippen LogP) is 2.76. The zero-order chi connectivity index (χ0) is 13.8. The number of amides is 1. The topological polar surface area (TPSA) is 53.4 Å². The van der Waals surface area contributed by atoms with Gasteiger partial charge < -0.3 is 10.0 Å². The van der Waals surface area contributed by atoms with Gasteiger partial charge in [-0.1, -0.05) is 6.07 Å². The molecule has 2 aromatic rings. The molecule has 0 bridgehead atoms. The Morgan fingerprint density at radius 3 is 2.79 bits per heavy atom. The highest BCUT2D eigenvalue weighted by molar-refractivity contribution is 6.06. The van der Waals surface area contributed by atoms with E-state index in [2.05, 4.69) is 4.98 Å². The zero-order valence-electron chi connectivity index (χ0n) is 11.0. The van der Waals surface area contributed by atoms with Gasteiger partial charge in [0, 0.05) is 25.0 Å². The first kappa shape index (κ1) is 13.1. The van der Waals surface area contributed by atoms with Crippen molar-refractivity contribution in [3.05, 3.63) is 53.9 Å². The molecule has 0 saturated heterocycles. The quantitative estimate of drug-likeness (QED) is 0.918. The number of carbonyl (C=O) groups excluding carboxylic acids is 1. The Morgan fingerprint density at radius 1 is 1.37 bits per heavy atom. The third-order valence-electron chi connectivity index (χ3n) is 2.95. The number of hydrogen-bond acceptors (Lipinski definition) is 3. The SMILES string of the molecule is CCN(C(=O)c1cccnc1)c1cc(O)ccc1C. The predicted molar refractivity (Wildman–Crippen MR) is 74.4 cm³/mol. The van der Waals surface area contributed by atoms with Gasteiger partial charge in [-0.05, 0) is 37.6 Å². The van der Waals surface area contributed by atoms with Crippen LogP contribution in [0.25, 0.3) is 0 Å². The second-order valence-corrected chi connectivity index (χ2v) is 4.26. The number of carbonyl (C=O) groups is 1. The molecule has 1 amide bonds. The van der Waals surface area contributed by atoms with Crippen molar-refractivity contribution in [2.75, 3.05) is 11.4 Å². The van der Waals surface area contributed by atoms with Crippen LogP contribution in [0.1, 0.15) is 22.8 Å². The van der Waals surface area contributed by atoms with Gasteiger partial charge in [-0.15, -0.1) is 0 Å². The summed E-state index contributed by atoms with van der Waals surface area (Å²) >= 11 is 0. The summed E-state index contributed by atoms with van der Waals surface area (Å²) in [7, 11) is 0. The first-order chi connectivity index (χ1) is 9.13. The summed E-state index contributed by atoms with van der Waals surface area (Å²) in [5.74, 6) is 0.0299. The molecule has 1 aromatic heterocycles. The molecule has 0 atom stereocenters. The van der Waals surface area contributed by atoms with Gasteiger partial charge in [-0.3, -0.25) is 9.78 Å². The van der Waals surface area contributed by atoms with Crippen LogP contribution in [-0.2, 0) is 0 Å². The lowest BCUT2D eigenvalue weighted by molar-refractivity contribution is 0.0988. The first-order valence-corrected chi connectivity index (χ1v) is 6.15. The summed E-state index contributed by atoms with van der Waals surface area (Å²) in [6, 6.07) is 8.48. The lowest BCUT2D eigenvalue weighted by Gasteiger charge is -2.23. The van der Waals surface area contributed by atoms with Gasteiger partial charge in [-0.2, -0.15) is 0 Å². The van der Waals surface area contributed by atoms with Crippen LogP contribution in [0, 0.1) is 6.92 Å². The fourth-order valence-corrected chi connectivity index (χ4v) is 1.96. The lowest BCUT2D eigenvalue weighted by Crippen LogP contribution is -2.31. The van der Waals surface area contributed by atoms with Gasteiger partial charge in [0.1, 0.15) is 5.75 Å². The van der Waals surface area contributed by atoms with Gasteiger partial charge in [0.15, 0.2) is 0 Å². The molecule has 2 rings (SSSR count). The number of phenols is 1. The van der Waals surface area contributed by atoms with Gasteiger partial charge >= 0.3 is 0 Å². The standard InChI is InChI=1S/C15H16N2O2/c1-3-17(14-9-13(18)7-6-11(14)2)15(19)12-5-4-8-16-10-12/h4-10,18H,3H2,1-2H3. The van der Waals surface area contributed by atoms with Crippen LogP contribution in [0.5, 0.6) is 5.75 Å². The van der Waals surface area contributed by atoms with Gasteiger partial charge in [-0.25, -0.2) is 0 Å². The second kappa shape index (κ2) is 5.52. The fraction of sp³-hybridized carbons (Fsp3) is 0.200. The van der Waals surface area contributed by atoms with Crippen molar-refractivity contribution in [3.63, 3.8) is 0 Å². The zero-order valence-corrected chi connectivity index (χ0v) is 11.0. The highest BCUT2D eigenvalue weighted by atomic mass is 16.3. The van der Waals surface area contributed by atoms with Crippen LogP contribution >= 0.6 is 0 Å². The van der Waals surface area contributed by atoms with Crippen LogP contribution in [-0.4, -0.2) is 22.5 Å². The number of hydrogen-bond donors (Lipinski definition) is 1. The van der Waals surface area contributed by atoms with Crippen LogP contribution in [0.3, 0.4) is 0 Å². The number of pyridine rings is 1. The molecule has 0 aliphatic carbocycles. The molecular formula is C15H16N2O2. The van der Waals surface area contributed by atoms with E-state index in [-0.39, 0.29) is 11.7 Å². The van der Waals surface area contributed by atoms with Gasteiger partial charge in [0.2, 0.25) is 0 Å². The summed E-state index contributed by atoms with van der Waals surface area (Å²) in [6.45, 7) is 4.34. The third-order valence-corrected chi connectivity index (χ3v) is 2.95. The van der Waals surface area contributed by atoms with Gasteiger partial charge in [0.25, 0.3) is 5.91 Å². The Hall–Kier alpha value is -2.36. The molecule has 1 N–H and O–H groups in total. The molecule has 4 heteroatoms. The lowest BCUT2D eigenvalue weighted by atomic mass is 10.1. The van der Waals surface area contributed by atoms with E-state index in [1.165, 1.54) is 0 Å². The van der Waals surface area contributed by atoms with Crippen molar-refractivity contribution < 1.29 is 9.90 Å². The number of benzene rings is 1. The molecule has 1 heterocycles. The molecule has 1 aromatic carbocycles. The Labute approximate surface area is 112 Å². The molecular weight excluding hydrogens is 240 g/mol. The molecule has 4 nitrogen and oxygen atoms in total. The molecule has 0 saturated carbocycles. The first-order valence-electron chi connectivity index (χ1n) is 6.15. The molecule has 0 spiro atoms. The van der Waals surface area contributed by atoms with Crippen molar-refractivity contribution in [1.29, 1.82) is 0 Å². The number of phenolic OH excluding ortho intramolecular Hbond substituents is 1. The molecule has 0 radical (unpaired) electrons. The average molecular weight is 256 g/mol. The maximum absolute atomic E-state index is 12.4. The smallest absolute Gasteiger partial charge is 0.259 e. The van der Waals surface area contributed by atoms with E-state index in [0.717, 1.165) is 11.3 Å². The van der Waals surface area contributed by atoms with Crippen molar-refractivity contribution in [3.8, 4) is 5.75 Å². The van der Waals surface area contributed by atoms with Crippen molar-refractivity contribution in [2.24, 2.45) is 0 Å². The van der Waals surface area contributed by atoms with E-state index < -0.39 is 0 Å². The normalized spacial score (nSPS) is 10.2. The second-order valence-electron chi connectivity index (χ2n) is 4.26. The summed E-state index contributed by atoms with van der Waals surface area (Å²) in [6.07, 6.45) is 3.18. The average Bonchev–Trinajstić information content (AvgIpc) is 2.44. The monoisotopic (exact) mass is 256 g/mol. The molecule has 0 aliphatic rings. The minimum atomic E-state index is -0.121. The van der Waals surface area contributed by atoms with Crippen molar-refractivity contribution in [2.45, 2.75) is 13.8 Å². The summed E-state index contributed by atoms with van der Waals surface area (Å²) in [4.78, 5) is 18.0. The van der Waals surface area contributed by atoms with E-state index in [1.807, 2.05) is 13.8 Å². The van der Waals surface area contributed by atoms with Crippen molar-refractivity contribution in [1.82, 2.24) is 4.98 Å². The Balaban J connectivity index is 2.40. The molecule has 0 fully saturated rings. The van der Waals surface area contributed by atoms with Crippen LogP contribution in [0.4, 0.5) is 5.69 Å². The third kappa shape index (κ3) is 2.73. The number of aryl methyl sites for hydroxylation is 1. The minimum Gasteiger partial charge on any atom is -0.508 e. The Kier molecular flexibility index (Phi) is 3.80. The van der Waals surface area contributed by atoms with E-state index in [4.69, 9.17) is 0 Å². The number of aromatic nitrogens is 1.